The van der Waals surface area contributed by atoms with Crippen LogP contribution in [0.15, 0.2) is 18.3 Å². The van der Waals surface area contributed by atoms with Crippen molar-refractivity contribution in [3.8, 4) is 0 Å². The van der Waals surface area contributed by atoms with E-state index in [1.807, 2.05) is 0 Å². The lowest BCUT2D eigenvalue weighted by molar-refractivity contribution is -0.117. The zero-order valence-corrected chi connectivity index (χ0v) is 7.56. The molecule has 1 saturated carbocycles. The van der Waals surface area contributed by atoms with Crippen LogP contribution in [0, 0.1) is 5.92 Å². The Kier molecular flexibility index (Phi) is 2.26. The number of aldehydes is 1. The molecule has 1 fully saturated rings. The van der Waals surface area contributed by atoms with E-state index in [1.54, 1.807) is 12.1 Å². The zero-order chi connectivity index (χ0) is 9.97. The molecule has 1 aromatic rings. The van der Waals surface area contributed by atoms with Gasteiger partial charge in [0.15, 0.2) is 6.29 Å². The van der Waals surface area contributed by atoms with E-state index in [-0.39, 0.29) is 11.8 Å². The Balaban J connectivity index is 2.01. The first kappa shape index (κ1) is 8.87. The summed E-state index contributed by atoms with van der Waals surface area (Å²) in [5, 5.41) is 2.69. The summed E-state index contributed by atoms with van der Waals surface area (Å²) < 4.78 is 0. The molecule has 0 aliphatic heterocycles. The van der Waals surface area contributed by atoms with Gasteiger partial charge in [-0.15, -0.1) is 0 Å². The number of amides is 1. The summed E-state index contributed by atoms with van der Waals surface area (Å²) in [7, 11) is 0. The highest BCUT2D eigenvalue weighted by atomic mass is 16.2. The van der Waals surface area contributed by atoms with Gasteiger partial charge in [0, 0.05) is 17.7 Å². The summed E-state index contributed by atoms with van der Waals surface area (Å²) in [6, 6.07) is 3.26. The van der Waals surface area contributed by atoms with Gasteiger partial charge in [-0.1, -0.05) is 0 Å². The van der Waals surface area contributed by atoms with Crippen molar-refractivity contribution in [2.24, 2.45) is 5.92 Å². The smallest absolute Gasteiger partial charge is 0.228 e. The maximum absolute atomic E-state index is 11.3. The minimum Gasteiger partial charge on any atom is -0.310 e. The molecular formula is C10H10N2O2. The number of nitrogens with one attached hydrogen (secondary N) is 1. The molecule has 1 N–H and O–H groups in total. The van der Waals surface area contributed by atoms with E-state index in [1.165, 1.54) is 6.20 Å². The summed E-state index contributed by atoms with van der Waals surface area (Å²) in [4.78, 5) is 25.6. The number of hydrogen-bond acceptors (Lipinski definition) is 3. The molecule has 0 atom stereocenters. The fourth-order valence-electron chi connectivity index (χ4n) is 1.12. The Morgan fingerprint density at radius 3 is 2.79 bits per heavy atom. The van der Waals surface area contributed by atoms with E-state index in [2.05, 4.69) is 10.3 Å². The van der Waals surface area contributed by atoms with Gasteiger partial charge in [-0.05, 0) is 25.0 Å². The predicted octanol–water partition coefficient (Wildman–Crippen LogP) is 1.24. The number of rotatable bonds is 3. The lowest BCUT2D eigenvalue weighted by atomic mass is 10.3. The van der Waals surface area contributed by atoms with Gasteiger partial charge in [0.1, 0.15) is 5.82 Å². The van der Waals surface area contributed by atoms with Crippen molar-refractivity contribution in [1.82, 2.24) is 4.98 Å². The van der Waals surface area contributed by atoms with E-state index >= 15 is 0 Å². The van der Waals surface area contributed by atoms with Gasteiger partial charge in [-0.25, -0.2) is 4.98 Å². The first-order valence-electron chi connectivity index (χ1n) is 4.51. The molecule has 0 aromatic carbocycles. The fraction of sp³-hybridized carbons (Fsp3) is 0.300. The fourth-order valence-corrected chi connectivity index (χ4v) is 1.12. The molecule has 4 heteroatoms. The summed E-state index contributed by atoms with van der Waals surface area (Å²) >= 11 is 0. The Morgan fingerprint density at radius 2 is 2.29 bits per heavy atom. The Hall–Kier alpha value is -1.71. The lowest BCUT2D eigenvalue weighted by Crippen LogP contribution is -2.14. The van der Waals surface area contributed by atoms with Gasteiger partial charge in [0.2, 0.25) is 5.91 Å². The van der Waals surface area contributed by atoms with Crippen LogP contribution < -0.4 is 5.32 Å². The number of carbonyl (C=O) groups excluding carboxylic acids is 2. The first-order chi connectivity index (χ1) is 6.79. The molecule has 72 valence electrons. The average Bonchev–Trinajstić information content (AvgIpc) is 3.02. The minimum absolute atomic E-state index is 0.0244. The third-order valence-corrected chi connectivity index (χ3v) is 2.12. The Labute approximate surface area is 81.3 Å². The molecule has 0 saturated heterocycles. The molecule has 0 bridgehead atoms. The largest absolute Gasteiger partial charge is 0.310 e. The number of hydrogen-bond donors (Lipinski definition) is 1. The summed E-state index contributed by atoms with van der Waals surface area (Å²) in [5.74, 6) is 0.700. The second-order valence-corrected chi connectivity index (χ2v) is 3.36. The van der Waals surface area contributed by atoms with Crippen LogP contribution in [0.5, 0.6) is 0 Å². The number of anilines is 1. The van der Waals surface area contributed by atoms with Crippen LogP contribution in [-0.2, 0) is 4.79 Å². The van der Waals surface area contributed by atoms with Crippen LogP contribution >= 0.6 is 0 Å². The second kappa shape index (κ2) is 3.57. The minimum atomic E-state index is 0.0244. The van der Waals surface area contributed by atoms with Crippen molar-refractivity contribution in [1.29, 1.82) is 0 Å². The van der Waals surface area contributed by atoms with Crippen LogP contribution in [0.25, 0.3) is 0 Å². The van der Waals surface area contributed by atoms with Crippen LogP contribution in [0.3, 0.4) is 0 Å². The second-order valence-electron chi connectivity index (χ2n) is 3.36. The highest BCUT2D eigenvalue weighted by molar-refractivity contribution is 5.93. The number of pyridine rings is 1. The molecule has 14 heavy (non-hydrogen) atoms. The van der Waals surface area contributed by atoms with Crippen molar-refractivity contribution in [3.05, 3.63) is 23.9 Å². The SMILES string of the molecule is O=Cc1ccc(NC(=O)C2CC2)nc1. The monoisotopic (exact) mass is 190 g/mol. The Morgan fingerprint density at radius 1 is 1.50 bits per heavy atom. The number of carbonyl (C=O) groups is 2. The summed E-state index contributed by atoms with van der Waals surface area (Å²) in [6.45, 7) is 0. The highest BCUT2D eigenvalue weighted by Gasteiger charge is 2.29. The normalized spacial score (nSPS) is 14.9. The van der Waals surface area contributed by atoms with E-state index < -0.39 is 0 Å². The van der Waals surface area contributed by atoms with Gasteiger partial charge in [-0.2, -0.15) is 0 Å². The van der Waals surface area contributed by atoms with Gasteiger partial charge in [0.25, 0.3) is 0 Å². The van der Waals surface area contributed by atoms with Gasteiger partial charge >= 0.3 is 0 Å². The number of nitrogens with zero attached hydrogens (tertiary/aromatic N) is 1. The topological polar surface area (TPSA) is 59.1 Å². The molecular weight excluding hydrogens is 180 g/mol. The average molecular weight is 190 g/mol. The summed E-state index contributed by atoms with van der Waals surface area (Å²) in [6.07, 6.45) is 4.10. The predicted molar refractivity (Wildman–Crippen MR) is 51.0 cm³/mol. The van der Waals surface area contributed by atoms with Crippen LogP contribution in [-0.4, -0.2) is 17.2 Å². The third kappa shape index (κ3) is 1.96. The maximum atomic E-state index is 11.3. The molecule has 1 aliphatic rings. The van der Waals surface area contributed by atoms with Crippen LogP contribution in [0.1, 0.15) is 23.2 Å². The van der Waals surface area contributed by atoms with Crippen LogP contribution in [0.2, 0.25) is 0 Å². The van der Waals surface area contributed by atoms with Crippen molar-refractivity contribution >= 4 is 18.0 Å². The molecule has 0 unspecified atom stereocenters. The molecule has 1 heterocycles. The summed E-state index contributed by atoms with van der Waals surface area (Å²) in [5.41, 5.74) is 0.509. The molecule has 1 aliphatic carbocycles. The molecule has 0 radical (unpaired) electrons. The van der Waals surface area contributed by atoms with E-state index in [0.29, 0.717) is 11.4 Å². The molecule has 4 nitrogen and oxygen atoms in total. The van der Waals surface area contributed by atoms with E-state index in [0.717, 1.165) is 19.1 Å². The first-order valence-corrected chi connectivity index (χ1v) is 4.51. The van der Waals surface area contributed by atoms with Gasteiger partial charge in [0.05, 0.1) is 0 Å². The van der Waals surface area contributed by atoms with Crippen molar-refractivity contribution in [3.63, 3.8) is 0 Å². The Bertz CT molecular complexity index is 355. The van der Waals surface area contributed by atoms with E-state index in [9.17, 15) is 9.59 Å². The highest BCUT2D eigenvalue weighted by Crippen LogP contribution is 2.29. The van der Waals surface area contributed by atoms with Crippen molar-refractivity contribution < 1.29 is 9.59 Å². The third-order valence-electron chi connectivity index (χ3n) is 2.12. The molecule has 1 aromatic heterocycles. The number of aromatic nitrogens is 1. The quantitative estimate of drug-likeness (QED) is 0.729. The molecule has 0 spiro atoms. The van der Waals surface area contributed by atoms with Crippen LogP contribution in [0.4, 0.5) is 5.82 Å². The van der Waals surface area contributed by atoms with E-state index in [4.69, 9.17) is 0 Å². The zero-order valence-electron chi connectivity index (χ0n) is 7.56. The lowest BCUT2D eigenvalue weighted by Gasteiger charge is -2.01. The van der Waals surface area contributed by atoms with Gasteiger partial charge in [-0.3, -0.25) is 9.59 Å². The molecule has 1 amide bonds. The maximum Gasteiger partial charge on any atom is 0.228 e. The standard InChI is InChI=1S/C10H10N2O2/c13-6-7-1-4-9(11-5-7)12-10(14)8-2-3-8/h1,4-6,8H,2-3H2,(H,11,12,14). The molecule has 2 rings (SSSR count). The van der Waals surface area contributed by atoms with Crippen molar-refractivity contribution in [2.75, 3.05) is 5.32 Å². The van der Waals surface area contributed by atoms with Gasteiger partial charge < -0.3 is 5.32 Å². The van der Waals surface area contributed by atoms with Crippen molar-refractivity contribution in [2.45, 2.75) is 12.8 Å².